The number of fused-ring (bicyclic) bond motifs is 1. The molecule has 1 aliphatic rings. The van der Waals surface area contributed by atoms with Crippen LogP contribution in [0.3, 0.4) is 0 Å². The highest BCUT2D eigenvalue weighted by atomic mass is 16.1. The number of hydrogen-bond acceptors (Lipinski definition) is 3. The fraction of sp³-hybridized carbons (Fsp3) is 0.462. The van der Waals surface area contributed by atoms with Crippen molar-refractivity contribution in [3.63, 3.8) is 0 Å². The maximum Gasteiger partial charge on any atom is 0.221 e. The molecule has 1 amide bonds. The van der Waals surface area contributed by atoms with Gasteiger partial charge in [0.15, 0.2) is 0 Å². The van der Waals surface area contributed by atoms with Gasteiger partial charge in [0.05, 0.1) is 5.69 Å². The molecule has 4 rings (SSSR count). The van der Waals surface area contributed by atoms with Gasteiger partial charge in [-0.3, -0.25) is 4.79 Å². The number of aryl methyl sites for hydroxylation is 1. The Kier molecular flexibility index (Phi) is 7.03. The van der Waals surface area contributed by atoms with Crippen molar-refractivity contribution in [3.05, 3.63) is 71.7 Å². The standard InChI is InChI=1S/C26H34N4O/c1-20-10-8-17-30-24(19-28-26(20)30)23(22-12-4-3-5-13-22)18-25(31)27-14-9-16-29-15-7-6-11-21(29)2/h3-5,8,10,12-13,17,19,21,23H,6-7,9,11,14-16,18H2,1-2H3,(H,27,31). The minimum Gasteiger partial charge on any atom is -0.356 e. The number of aromatic nitrogens is 2. The third kappa shape index (κ3) is 5.16. The molecule has 3 aromatic rings. The first-order valence-electron chi connectivity index (χ1n) is 11.6. The summed E-state index contributed by atoms with van der Waals surface area (Å²) in [6.45, 7) is 7.38. The number of nitrogens with one attached hydrogen (secondary N) is 1. The molecule has 0 saturated carbocycles. The predicted molar refractivity (Wildman–Crippen MR) is 125 cm³/mol. The third-order valence-electron chi connectivity index (χ3n) is 6.59. The Morgan fingerprint density at radius 1 is 1.19 bits per heavy atom. The van der Waals surface area contributed by atoms with Crippen molar-refractivity contribution in [1.29, 1.82) is 0 Å². The molecule has 0 radical (unpaired) electrons. The maximum atomic E-state index is 12.9. The number of nitrogens with zero attached hydrogens (tertiary/aromatic N) is 3. The van der Waals surface area contributed by atoms with Crippen LogP contribution in [0.15, 0.2) is 54.9 Å². The number of piperidine rings is 1. The van der Waals surface area contributed by atoms with Crippen LogP contribution in [-0.2, 0) is 4.79 Å². The molecule has 164 valence electrons. The minimum absolute atomic E-state index is 0.0277. The lowest BCUT2D eigenvalue weighted by Gasteiger charge is -2.33. The monoisotopic (exact) mass is 418 g/mol. The average Bonchev–Trinajstić information content (AvgIpc) is 3.22. The number of imidazole rings is 1. The van der Waals surface area contributed by atoms with Crippen LogP contribution in [0, 0.1) is 6.92 Å². The number of benzene rings is 1. The number of amides is 1. The van der Waals surface area contributed by atoms with Crippen molar-refractivity contribution in [2.45, 2.75) is 57.9 Å². The Morgan fingerprint density at radius 2 is 2.03 bits per heavy atom. The summed E-state index contributed by atoms with van der Waals surface area (Å²) in [5, 5.41) is 3.16. The van der Waals surface area contributed by atoms with E-state index in [0.29, 0.717) is 12.5 Å². The smallest absolute Gasteiger partial charge is 0.221 e. The van der Waals surface area contributed by atoms with E-state index in [4.69, 9.17) is 0 Å². The Bertz CT molecular complexity index is 997. The van der Waals surface area contributed by atoms with E-state index in [9.17, 15) is 4.79 Å². The topological polar surface area (TPSA) is 49.6 Å². The zero-order chi connectivity index (χ0) is 21.6. The quantitative estimate of drug-likeness (QED) is 0.546. The molecule has 31 heavy (non-hydrogen) atoms. The van der Waals surface area contributed by atoms with Crippen LogP contribution < -0.4 is 5.32 Å². The highest BCUT2D eigenvalue weighted by molar-refractivity contribution is 5.77. The van der Waals surface area contributed by atoms with Crippen LogP contribution in [0.2, 0.25) is 0 Å². The van der Waals surface area contributed by atoms with E-state index < -0.39 is 0 Å². The van der Waals surface area contributed by atoms with Gasteiger partial charge in [0.2, 0.25) is 5.91 Å². The second kappa shape index (κ2) is 10.1. The van der Waals surface area contributed by atoms with Crippen molar-refractivity contribution >= 4 is 11.6 Å². The van der Waals surface area contributed by atoms with Crippen LogP contribution in [0.25, 0.3) is 5.65 Å². The molecule has 2 aromatic heterocycles. The molecule has 0 bridgehead atoms. The van der Waals surface area contributed by atoms with E-state index in [-0.39, 0.29) is 11.8 Å². The van der Waals surface area contributed by atoms with Crippen LogP contribution in [0.5, 0.6) is 0 Å². The molecule has 1 N–H and O–H groups in total. The molecule has 5 nitrogen and oxygen atoms in total. The van der Waals surface area contributed by atoms with Gasteiger partial charge < -0.3 is 14.6 Å². The fourth-order valence-corrected chi connectivity index (χ4v) is 4.76. The number of pyridine rings is 1. The summed E-state index contributed by atoms with van der Waals surface area (Å²) in [5.74, 6) is 0.0725. The Balaban J connectivity index is 1.42. The summed E-state index contributed by atoms with van der Waals surface area (Å²) < 4.78 is 2.12. The average molecular weight is 419 g/mol. The van der Waals surface area contributed by atoms with Crippen molar-refractivity contribution in [1.82, 2.24) is 19.6 Å². The van der Waals surface area contributed by atoms with E-state index in [1.165, 1.54) is 25.8 Å². The van der Waals surface area contributed by atoms with Gasteiger partial charge in [-0.05, 0) is 56.8 Å². The van der Waals surface area contributed by atoms with Crippen LogP contribution >= 0.6 is 0 Å². The molecule has 2 atom stereocenters. The molecule has 0 aliphatic carbocycles. The predicted octanol–water partition coefficient (Wildman–Crippen LogP) is 4.55. The van der Waals surface area contributed by atoms with Gasteiger partial charge in [-0.15, -0.1) is 0 Å². The fourth-order valence-electron chi connectivity index (χ4n) is 4.76. The molecular weight excluding hydrogens is 384 g/mol. The normalized spacial score (nSPS) is 18.2. The van der Waals surface area contributed by atoms with Crippen LogP contribution in [0.4, 0.5) is 0 Å². The van der Waals surface area contributed by atoms with E-state index in [1.807, 2.05) is 36.7 Å². The molecule has 0 spiro atoms. The van der Waals surface area contributed by atoms with E-state index in [2.05, 4.69) is 51.6 Å². The molecule has 1 saturated heterocycles. The van der Waals surface area contributed by atoms with E-state index >= 15 is 0 Å². The number of hydrogen-bond donors (Lipinski definition) is 1. The molecule has 3 heterocycles. The molecule has 2 unspecified atom stereocenters. The summed E-state index contributed by atoms with van der Waals surface area (Å²) in [7, 11) is 0. The third-order valence-corrected chi connectivity index (χ3v) is 6.59. The Hall–Kier alpha value is -2.66. The Labute approximate surface area is 185 Å². The molecular formula is C26H34N4O. The highest BCUT2D eigenvalue weighted by Crippen LogP contribution is 2.29. The van der Waals surface area contributed by atoms with Crippen molar-refractivity contribution < 1.29 is 4.79 Å². The van der Waals surface area contributed by atoms with Crippen molar-refractivity contribution in [2.75, 3.05) is 19.6 Å². The number of rotatable bonds is 8. The van der Waals surface area contributed by atoms with Gasteiger partial charge in [0, 0.05) is 43.9 Å². The summed E-state index contributed by atoms with van der Waals surface area (Å²) in [6.07, 6.45) is 9.33. The van der Waals surface area contributed by atoms with E-state index in [0.717, 1.165) is 42.0 Å². The Morgan fingerprint density at radius 3 is 2.84 bits per heavy atom. The molecule has 1 aliphatic heterocycles. The minimum atomic E-state index is -0.0277. The highest BCUT2D eigenvalue weighted by Gasteiger charge is 2.22. The summed E-state index contributed by atoms with van der Waals surface area (Å²) >= 11 is 0. The van der Waals surface area contributed by atoms with Gasteiger partial charge in [0.25, 0.3) is 0 Å². The number of likely N-dealkylation sites (tertiary alicyclic amines) is 1. The first-order chi connectivity index (χ1) is 15.1. The van der Waals surface area contributed by atoms with Gasteiger partial charge >= 0.3 is 0 Å². The number of carbonyl (C=O) groups excluding carboxylic acids is 1. The first kappa shape index (κ1) is 21.6. The summed E-state index contributed by atoms with van der Waals surface area (Å²) in [5.41, 5.74) is 4.29. The zero-order valence-corrected chi connectivity index (χ0v) is 18.8. The van der Waals surface area contributed by atoms with Crippen molar-refractivity contribution in [2.24, 2.45) is 0 Å². The van der Waals surface area contributed by atoms with Crippen LogP contribution in [-0.4, -0.2) is 45.9 Å². The summed E-state index contributed by atoms with van der Waals surface area (Å²) in [6, 6.07) is 15.1. The lowest BCUT2D eigenvalue weighted by Crippen LogP contribution is -2.39. The summed E-state index contributed by atoms with van der Waals surface area (Å²) in [4.78, 5) is 20.1. The second-order valence-electron chi connectivity index (χ2n) is 8.82. The molecule has 1 fully saturated rings. The van der Waals surface area contributed by atoms with E-state index in [1.54, 1.807) is 0 Å². The molecule has 5 heteroatoms. The van der Waals surface area contributed by atoms with Gasteiger partial charge in [-0.2, -0.15) is 0 Å². The maximum absolute atomic E-state index is 12.9. The first-order valence-corrected chi connectivity index (χ1v) is 11.6. The largest absolute Gasteiger partial charge is 0.356 e. The van der Waals surface area contributed by atoms with Gasteiger partial charge in [0.1, 0.15) is 5.65 Å². The number of carbonyl (C=O) groups is 1. The van der Waals surface area contributed by atoms with Crippen LogP contribution in [0.1, 0.15) is 61.8 Å². The lowest BCUT2D eigenvalue weighted by atomic mass is 9.92. The zero-order valence-electron chi connectivity index (χ0n) is 18.8. The second-order valence-corrected chi connectivity index (χ2v) is 8.82. The van der Waals surface area contributed by atoms with Crippen molar-refractivity contribution in [3.8, 4) is 0 Å². The van der Waals surface area contributed by atoms with Gasteiger partial charge in [-0.1, -0.05) is 42.8 Å². The molecule has 1 aromatic carbocycles. The lowest BCUT2D eigenvalue weighted by molar-refractivity contribution is -0.121. The van der Waals surface area contributed by atoms with Gasteiger partial charge in [-0.25, -0.2) is 4.98 Å². The SMILES string of the molecule is Cc1cccn2c(C(CC(=O)NCCCN3CCCCC3C)c3ccccc3)cnc12.